The number of benzene rings is 2. The molecule has 1 amide bonds. The number of nitrogens with zero attached hydrogens (tertiary/aromatic N) is 1. The topological polar surface area (TPSA) is 41.6 Å². The van der Waals surface area contributed by atoms with Crippen LogP contribution in [0.4, 0.5) is 4.79 Å². The summed E-state index contributed by atoms with van der Waals surface area (Å²) in [6.07, 6.45) is -0.410. The Labute approximate surface area is 117 Å². The number of fused-ring (bicyclic) bond motifs is 3. The van der Waals surface area contributed by atoms with Gasteiger partial charge in [0.15, 0.2) is 0 Å². The van der Waals surface area contributed by atoms with E-state index in [1.54, 1.807) is 7.05 Å². The van der Waals surface area contributed by atoms with Crippen LogP contribution in [-0.4, -0.2) is 25.3 Å². The molecule has 0 fully saturated rings. The quantitative estimate of drug-likeness (QED) is 0.851. The van der Waals surface area contributed by atoms with E-state index in [4.69, 9.17) is 4.74 Å². The lowest BCUT2D eigenvalue weighted by molar-refractivity contribution is 0.109. The summed E-state index contributed by atoms with van der Waals surface area (Å²) < 4.78 is 4.72. The monoisotopic (exact) mass is 268 g/mol. The Balaban J connectivity index is 2.01. The van der Waals surface area contributed by atoms with Crippen LogP contribution in [0.2, 0.25) is 0 Å². The molecule has 1 aliphatic rings. The molecule has 1 aliphatic carbocycles. The Hall–Kier alpha value is -2.33. The van der Waals surface area contributed by atoms with Crippen LogP contribution in [0, 0.1) is 0 Å². The maximum Gasteiger partial charge on any atom is 0.423 e. The zero-order chi connectivity index (χ0) is 14.1. The molecule has 2 aromatic carbocycles. The minimum Gasteiger partial charge on any atom is -0.452 e. The van der Waals surface area contributed by atoms with Crippen molar-refractivity contribution >= 4 is 6.09 Å². The lowest BCUT2D eigenvalue weighted by Crippen LogP contribution is -2.41. The summed E-state index contributed by atoms with van der Waals surface area (Å²) in [7, 11) is 3.03. The van der Waals surface area contributed by atoms with Gasteiger partial charge in [-0.05, 0) is 22.3 Å². The van der Waals surface area contributed by atoms with Crippen molar-refractivity contribution in [2.75, 3.05) is 14.2 Å². The summed E-state index contributed by atoms with van der Waals surface area (Å²) in [5, 5.41) is 1.38. The molecule has 0 radical (unpaired) electrons. The average molecular weight is 268 g/mol. The van der Waals surface area contributed by atoms with Gasteiger partial charge in [-0.2, -0.15) is 0 Å². The summed E-state index contributed by atoms with van der Waals surface area (Å²) in [6.45, 7) is 0. The smallest absolute Gasteiger partial charge is 0.423 e. The lowest BCUT2D eigenvalue weighted by Gasteiger charge is -2.23. The molecule has 0 saturated heterocycles. The fourth-order valence-electron chi connectivity index (χ4n) is 2.68. The molecule has 1 N–H and O–H groups in total. The number of ether oxygens (including phenoxy) is 1. The Bertz CT molecular complexity index is 609. The minimum absolute atomic E-state index is 0.0356. The Morgan fingerprint density at radius 1 is 1.05 bits per heavy atom. The first-order chi connectivity index (χ1) is 9.72. The molecule has 0 heterocycles. The highest BCUT2D eigenvalue weighted by Gasteiger charge is 2.29. The van der Waals surface area contributed by atoms with Crippen molar-refractivity contribution in [2.45, 2.75) is 6.04 Å². The fourth-order valence-corrected chi connectivity index (χ4v) is 2.68. The van der Waals surface area contributed by atoms with E-state index < -0.39 is 6.09 Å². The number of nitrogens with one attached hydrogen (secondary N) is 1. The van der Waals surface area contributed by atoms with Crippen LogP contribution in [0.25, 0.3) is 11.1 Å². The molecule has 0 unspecified atom stereocenters. The van der Waals surface area contributed by atoms with Gasteiger partial charge in [-0.3, -0.25) is 0 Å². The number of amides is 1. The van der Waals surface area contributed by atoms with Crippen LogP contribution in [0.5, 0.6) is 0 Å². The largest absolute Gasteiger partial charge is 0.452 e. The van der Waals surface area contributed by atoms with Gasteiger partial charge in [0.2, 0.25) is 0 Å². The molecule has 4 heteroatoms. The van der Waals surface area contributed by atoms with Gasteiger partial charge in [0.05, 0.1) is 13.2 Å². The predicted molar refractivity (Wildman–Crippen MR) is 77.0 cm³/mol. The van der Waals surface area contributed by atoms with Gasteiger partial charge >= 0.3 is 6.09 Å². The number of hydrazine groups is 1. The van der Waals surface area contributed by atoms with Gasteiger partial charge in [-0.1, -0.05) is 48.5 Å². The SMILES string of the molecule is COC(=O)N(C)NC1c2ccccc2-c2ccccc21. The Kier molecular flexibility index (Phi) is 3.16. The molecule has 0 saturated carbocycles. The van der Waals surface area contributed by atoms with Crippen molar-refractivity contribution in [1.82, 2.24) is 10.4 Å². The number of carbonyl (C=O) groups excluding carboxylic acids is 1. The number of rotatable bonds is 2. The molecule has 0 aromatic heterocycles. The average Bonchev–Trinajstić information content (AvgIpc) is 2.81. The van der Waals surface area contributed by atoms with Gasteiger partial charge in [-0.25, -0.2) is 15.2 Å². The van der Waals surface area contributed by atoms with E-state index in [9.17, 15) is 4.79 Å². The first kappa shape index (κ1) is 12.7. The normalized spacial score (nSPS) is 12.7. The molecule has 4 nitrogen and oxygen atoms in total. The van der Waals surface area contributed by atoms with Crippen LogP contribution >= 0.6 is 0 Å². The molecule has 0 aliphatic heterocycles. The van der Waals surface area contributed by atoms with Crippen LogP contribution in [0.15, 0.2) is 48.5 Å². The number of carbonyl (C=O) groups is 1. The van der Waals surface area contributed by atoms with Crippen LogP contribution < -0.4 is 5.43 Å². The highest BCUT2D eigenvalue weighted by molar-refractivity contribution is 5.78. The second kappa shape index (κ2) is 4.98. The first-order valence-electron chi connectivity index (χ1n) is 6.48. The molecular weight excluding hydrogens is 252 g/mol. The van der Waals surface area contributed by atoms with E-state index in [-0.39, 0.29) is 6.04 Å². The van der Waals surface area contributed by atoms with E-state index in [1.165, 1.54) is 34.4 Å². The third-order valence-electron chi connectivity index (χ3n) is 3.60. The van der Waals surface area contributed by atoms with Crippen molar-refractivity contribution < 1.29 is 9.53 Å². The van der Waals surface area contributed by atoms with Gasteiger partial charge in [0.25, 0.3) is 0 Å². The summed E-state index contributed by atoms with van der Waals surface area (Å²) in [5.74, 6) is 0. The number of hydrogen-bond donors (Lipinski definition) is 1. The van der Waals surface area contributed by atoms with Crippen molar-refractivity contribution in [3.8, 4) is 11.1 Å². The third kappa shape index (κ3) is 1.94. The molecule has 2 aromatic rings. The third-order valence-corrected chi connectivity index (χ3v) is 3.60. The second-order valence-electron chi connectivity index (χ2n) is 4.77. The van der Waals surface area contributed by atoms with Gasteiger partial charge in [0.1, 0.15) is 0 Å². The molecule has 0 bridgehead atoms. The standard InChI is InChI=1S/C16H16N2O2/c1-18(16(19)20-2)17-15-13-9-5-3-7-11(13)12-8-4-6-10-14(12)15/h3-10,15,17H,1-2H3. The van der Waals surface area contributed by atoms with Crippen molar-refractivity contribution in [1.29, 1.82) is 0 Å². The summed E-state index contributed by atoms with van der Waals surface area (Å²) >= 11 is 0. The highest BCUT2D eigenvalue weighted by atomic mass is 16.5. The fraction of sp³-hybridized carbons (Fsp3) is 0.188. The van der Waals surface area contributed by atoms with Gasteiger partial charge in [-0.15, -0.1) is 0 Å². The summed E-state index contributed by atoms with van der Waals surface area (Å²) in [5.41, 5.74) is 7.96. The van der Waals surface area contributed by atoms with E-state index in [1.807, 2.05) is 24.3 Å². The van der Waals surface area contributed by atoms with Crippen molar-refractivity contribution in [2.24, 2.45) is 0 Å². The van der Waals surface area contributed by atoms with Crippen molar-refractivity contribution in [3.63, 3.8) is 0 Å². The molecule has 0 spiro atoms. The maximum atomic E-state index is 11.6. The zero-order valence-electron chi connectivity index (χ0n) is 11.5. The maximum absolute atomic E-state index is 11.6. The van der Waals surface area contributed by atoms with E-state index >= 15 is 0 Å². The van der Waals surface area contributed by atoms with Crippen LogP contribution in [0.3, 0.4) is 0 Å². The van der Waals surface area contributed by atoms with Crippen LogP contribution in [0.1, 0.15) is 17.2 Å². The van der Waals surface area contributed by atoms with Gasteiger partial charge in [0, 0.05) is 7.05 Å². The van der Waals surface area contributed by atoms with Gasteiger partial charge < -0.3 is 4.74 Å². The highest BCUT2D eigenvalue weighted by Crippen LogP contribution is 2.42. The number of methoxy groups -OCH3 is 1. The first-order valence-corrected chi connectivity index (χ1v) is 6.48. The predicted octanol–water partition coefficient (Wildman–Crippen LogP) is 2.96. The zero-order valence-corrected chi connectivity index (χ0v) is 11.5. The van der Waals surface area contributed by atoms with Crippen molar-refractivity contribution in [3.05, 3.63) is 59.7 Å². The summed E-state index contributed by atoms with van der Waals surface area (Å²) in [4.78, 5) is 11.6. The van der Waals surface area contributed by atoms with E-state index in [0.717, 1.165) is 0 Å². The molecule has 3 rings (SSSR count). The van der Waals surface area contributed by atoms with Crippen LogP contribution in [-0.2, 0) is 4.74 Å². The van der Waals surface area contributed by atoms with E-state index in [2.05, 4.69) is 29.7 Å². The Morgan fingerprint density at radius 2 is 1.55 bits per heavy atom. The molecule has 20 heavy (non-hydrogen) atoms. The molecular formula is C16H16N2O2. The Morgan fingerprint density at radius 3 is 2.05 bits per heavy atom. The summed E-state index contributed by atoms with van der Waals surface area (Å²) in [6, 6.07) is 16.4. The second-order valence-corrected chi connectivity index (χ2v) is 4.77. The van der Waals surface area contributed by atoms with E-state index in [0.29, 0.717) is 0 Å². The minimum atomic E-state index is -0.410. The molecule has 0 atom stereocenters. The molecule has 102 valence electrons. The lowest BCUT2D eigenvalue weighted by atomic mass is 10.1. The number of hydrogen-bond acceptors (Lipinski definition) is 3.